The molecule has 1 amide bonds. The Kier molecular flexibility index (Phi) is 5.78. The van der Waals surface area contributed by atoms with Gasteiger partial charge in [-0.3, -0.25) is 14.2 Å². The minimum absolute atomic E-state index is 0.00537. The zero-order chi connectivity index (χ0) is 21.2. The van der Waals surface area contributed by atoms with Gasteiger partial charge in [0.15, 0.2) is 5.75 Å². The van der Waals surface area contributed by atoms with Crippen LogP contribution in [-0.4, -0.2) is 10.5 Å². The van der Waals surface area contributed by atoms with Crippen molar-refractivity contribution in [3.63, 3.8) is 0 Å². The SMILES string of the molecule is Cc1ccc(C(=O)NOc2ccc(Br)cc2)c(=O)n1-c1cccc(C(F)(F)F)c1. The minimum atomic E-state index is -4.55. The lowest BCUT2D eigenvalue weighted by atomic mass is 10.1. The Morgan fingerprint density at radius 3 is 2.41 bits per heavy atom. The summed E-state index contributed by atoms with van der Waals surface area (Å²) in [6, 6.07) is 13.7. The summed E-state index contributed by atoms with van der Waals surface area (Å²) in [7, 11) is 0. The molecule has 1 heterocycles. The van der Waals surface area contributed by atoms with Crippen LogP contribution in [0.4, 0.5) is 13.2 Å². The van der Waals surface area contributed by atoms with Gasteiger partial charge in [0.05, 0.1) is 5.56 Å². The van der Waals surface area contributed by atoms with Gasteiger partial charge in [-0.25, -0.2) is 0 Å². The number of carbonyl (C=O) groups excluding carboxylic acids is 1. The van der Waals surface area contributed by atoms with Gasteiger partial charge in [-0.15, -0.1) is 0 Å². The van der Waals surface area contributed by atoms with Crippen LogP contribution in [-0.2, 0) is 6.18 Å². The molecule has 0 spiro atoms. The number of alkyl halides is 3. The Hall–Kier alpha value is -3.07. The molecule has 0 radical (unpaired) electrons. The highest BCUT2D eigenvalue weighted by atomic mass is 79.9. The maximum Gasteiger partial charge on any atom is 0.416 e. The van der Waals surface area contributed by atoms with E-state index in [9.17, 15) is 22.8 Å². The zero-order valence-electron chi connectivity index (χ0n) is 15.0. The first-order valence-corrected chi connectivity index (χ1v) is 9.09. The molecule has 3 aromatic rings. The Balaban J connectivity index is 1.92. The summed E-state index contributed by atoms with van der Waals surface area (Å²) < 4.78 is 40.9. The van der Waals surface area contributed by atoms with Crippen molar-refractivity contribution in [1.82, 2.24) is 10.0 Å². The highest BCUT2D eigenvalue weighted by Gasteiger charge is 2.30. The van der Waals surface area contributed by atoms with E-state index in [2.05, 4.69) is 21.4 Å². The van der Waals surface area contributed by atoms with Crippen LogP contribution in [0.5, 0.6) is 5.75 Å². The van der Waals surface area contributed by atoms with Crippen molar-refractivity contribution in [2.75, 3.05) is 0 Å². The van der Waals surface area contributed by atoms with E-state index in [1.54, 1.807) is 31.2 Å². The van der Waals surface area contributed by atoms with Gasteiger partial charge < -0.3 is 4.84 Å². The first kappa shape index (κ1) is 20.7. The van der Waals surface area contributed by atoms with E-state index in [1.165, 1.54) is 24.3 Å². The first-order valence-electron chi connectivity index (χ1n) is 8.30. The van der Waals surface area contributed by atoms with E-state index in [0.29, 0.717) is 11.4 Å². The van der Waals surface area contributed by atoms with E-state index in [0.717, 1.165) is 21.2 Å². The normalized spacial score (nSPS) is 11.2. The molecular weight excluding hydrogens is 453 g/mol. The smallest absolute Gasteiger partial charge is 0.379 e. The van der Waals surface area contributed by atoms with Gasteiger partial charge in [0, 0.05) is 15.9 Å². The molecule has 9 heteroatoms. The minimum Gasteiger partial charge on any atom is -0.379 e. The number of carbonyl (C=O) groups is 1. The maximum atomic E-state index is 13.0. The summed E-state index contributed by atoms with van der Waals surface area (Å²) in [5.74, 6) is -0.481. The fraction of sp³-hybridized carbons (Fsp3) is 0.100. The molecule has 29 heavy (non-hydrogen) atoms. The molecule has 150 valence electrons. The van der Waals surface area contributed by atoms with Crippen LogP contribution in [0.2, 0.25) is 0 Å². The van der Waals surface area contributed by atoms with Crippen molar-refractivity contribution < 1.29 is 22.8 Å². The second-order valence-corrected chi connectivity index (χ2v) is 6.98. The zero-order valence-corrected chi connectivity index (χ0v) is 16.5. The number of nitrogens with one attached hydrogen (secondary N) is 1. The van der Waals surface area contributed by atoms with Gasteiger partial charge in [-0.2, -0.15) is 18.7 Å². The number of hydrogen-bond acceptors (Lipinski definition) is 3. The molecule has 0 saturated heterocycles. The molecule has 0 fully saturated rings. The summed E-state index contributed by atoms with van der Waals surface area (Å²) >= 11 is 3.27. The number of rotatable bonds is 4. The van der Waals surface area contributed by atoms with Crippen LogP contribution >= 0.6 is 15.9 Å². The molecule has 0 aliphatic rings. The third-order valence-electron chi connectivity index (χ3n) is 4.03. The van der Waals surface area contributed by atoms with Gasteiger partial charge in [-0.1, -0.05) is 22.0 Å². The van der Waals surface area contributed by atoms with Crippen LogP contribution in [0.3, 0.4) is 0 Å². The second kappa shape index (κ2) is 8.12. The molecule has 1 aromatic heterocycles. The van der Waals surface area contributed by atoms with Crippen LogP contribution < -0.4 is 15.9 Å². The first-order chi connectivity index (χ1) is 13.7. The number of nitrogens with zero attached hydrogens (tertiary/aromatic N) is 1. The topological polar surface area (TPSA) is 60.3 Å². The number of aromatic nitrogens is 1. The van der Waals surface area contributed by atoms with Crippen molar-refractivity contribution in [3.05, 3.63) is 92.3 Å². The van der Waals surface area contributed by atoms with E-state index >= 15 is 0 Å². The van der Waals surface area contributed by atoms with Crippen LogP contribution in [0.15, 0.2) is 69.9 Å². The average Bonchev–Trinajstić information content (AvgIpc) is 2.67. The number of amides is 1. The van der Waals surface area contributed by atoms with E-state index in [4.69, 9.17) is 4.84 Å². The molecule has 3 rings (SSSR count). The third kappa shape index (κ3) is 4.68. The Bertz CT molecular complexity index is 1110. The second-order valence-electron chi connectivity index (χ2n) is 6.06. The molecule has 0 atom stereocenters. The summed E-state index contributed by atoms with van der Waals surface area (Å²) in [6.07, 6.45) is -4.55. The van der Waals surface area contributed by atoms with Gasteiger partial charge in [-0.05, 0) is 61.5 Å². The highest BCUT2D eigenvalue weighted by Crippen LogP contribution is 2.30. The van der Waals surface area contributed by atoms with Crippen molar-refractivity contribution in [3.8, 4) is 11.4 Å². The largest absolute Gasteiger partial charge is 0.416 e. The van der Waals surface area contributed by atoms with Gasteiger partial charge in [0.25, 0.3) is 11.5 Å². The molecule has 0 aliphatic heterocycles. The van der Waals surface area contributed by atoms with Crippen LogP contribution in [0.25, 0.3) is 5.69 Å². The molecule has 1 N–H and O–H groups in total. The molecule has 0 bridgehead atoms. The van der Waals surface area contributed by atoms with Crippen molar-refractivity contribution in [2.24, 2.45) is 0 Å². The van der Waals surface area contributed by atoms with Gasteiger partial charge >= 0.3 is 6.18 Å². The molecule has 2 aromatic carbocycles. The Morgan fingerprint density at radius 2 is 1.76 bits per heavy atom. The highest BCUT2D eigenvalue weighted by molar-refractivity contribution is 9.10. The maximum absolute atomic E-state index is 13.0. The molecule has 0 aliphatic carbocycles. The fourth-order valence-corrected chi connectivity index (χ4v) is 2.87. The van der Waals surface area contributed by atoms with Crippen molar-refractivity contribution >= 4 is 21.8 Å². The number of halogens is 4. The predicted octanol–water partition coefficient (Wildman–Crippen LogP) is 4.65. The van der Waals surface area contributed by atoms with Crippen molar-refractivity contribution in [2.45, 2.75) is 13.1 Å². The van der Waals surface area contributed by atoms with Crippen LogP contribution in [0.1, 0.15) is 21.6 Å². The molecule has 0 saturated carbocycles. The fourth-order valence-electron chi connectivity index (χ4n) is 2.61. The number of hydroxylamine groups is 1. The summed E-state index contributed by atoms with van der Waals surface area (Å²) in [6.45, 7) is 1.56. The van der Waals surface area contributed by atoms with Crippen LogP contribution in [0, 0.1) is 6.92 Å². The van der Waals surface area contributed by atoms with Gasteiger partial charge in [0.1, 0.15) is 5.56 Å². The number of aryl methyl sites for hydroxylation is 1. The van der Waals surface area contributed by atoms with E-state index in [-0.39, 0.29) is 11.3 Å². The van der Waals surface area contributed by atoms with Crippen molar-refractivity contribution in [1.29, 1.82) is 0 Å². The lowest BCUT2D eigenvalue weighted by molar-refractivity contribution is -0.137. The summed E-state index contributed by atoms with van der Waals surface area (Å²) in [4.78, 5) is 30.4. The average molecular weight is 467 g/mol. The molecule has 5 nitrogen and oxygen atoms in total. The lowest BCUT2D eigenvalue weighted by Crippen LogP contribution is -2.35. The summed E-state index contributed by atoms with van der Waals surface area (Å²) in [5.41, 5.74) is 0.612. The quantitative estimate of drug-likeness (QED) is 0.569. The lowest BCUT2D eigenvalue weighted by Gasteiger charge is -2.14. The van der Waals surface area contributed by atoms with E-state index < -0.39 is 23.2 Å². The third-order valence-corrected chi connectivity index (χ3v) is 4.56. The summed E-state index contributed by atoms with van der Waals surface area (Å²) in [5, 5.41) is 0. The number of hydrogen-bond donors (Lipinski definition) is 1. The Morgan fingerprint density at radius 1 is 1.07 bits per heavy atom. The number of pyridine rings is 1. The number of benzene rings is 2. The Labute approximate surface area is 171 Å². The molecular formula is C20H14BrF3N2O3. The predicted molar refractivity (Wildman–Crippen MR) is 104 cm³/mol. The standard InChI is InChI=1S/C20H14BrF3N2O3/c1-12-5-10-17(18(27)25-29-16-8-6-14(21)7-9-16)19(28)26(12)15-4-2-3-13(11-15)20(22,23)24/h2-11H,1H3,(H,25,27). The molecule has 0 unspecified atom stereocenters. The van der Waals surface area contributed by atoms with Gasteiger partial charge in [0.2, 0.25) is 0 Å². The monoisotopic (exact) mass is 466 g/mol. The van der Waals surface area contributed by atoms with E-state index in [1.807, 2.05) is 0 Å².